The molecule has 1 unspecified atom stereocenters. The number of aromatic nitrogens is 1. The van der Waals surface area contributed by atoms with Crippen LogP contribution in [0.15, 0.2) is 23.6 Å². The van der Waals surface area contributed by atoms with E-state index in [1.54, 1.807) is 35.4 Å². The third-order valence-electron chi connectivity index (χ3n) is 4.35. The van der Waals surface area contributed by atoms with Crippen LogP contribution in [-0.4, -0.2) is 35.9 Å². The van der Waals surface area contributed by atoms with Crippen LogP contribution in [0.1, 0.15) is 37.1 Å². The normalized spacial score (nSPS) is 14.7. The van der Waals surface area contributed by atoms with Crippen LogP contribution in [0.3, 0.4) is 0 Å². The molecule has 1 aromatic heterocycles. The second-order valence-electron chi connectivity index (χ2n) is 6.57. The molecule has 154 valence electrons. The van der Waals surface area contributed by atoms with Crippen molar-refractivity contribution in [1.29, 1.82) is 0 Å². The molecule has 1 saturated heterocycles. The summed E-state index contributed by atoms with van der Waals surface area (Å²) in [5, 5.41) is 5.87. The SMILES string of the molecule is CC(NC(=O)COC(=O)Cc1csc(N2CCCC2=O)n1)c1ccc(Cl)c(Cl)c1. The number of hydrogen-bond donors (Lipinski definition) is 1. The quantitative estimate of drug-likeness (QED) is 0.644. The summed E-state index contributed by atoms with van der Waals surface area (Å²) < 4.78 is 5.03. The first-order valence-corrected chi connectivity index (χ1v) is 10.6. The maximum Gasteiger partial charge on any atom is 0.312 e. The van der Waals surface area contributed by atoms with Crippen molar-refractivity contribution in [3.63, 3.8) is 0 Å². The van der Waals surface area contributed by atoms with Gasteiger partial charge in [0.05, 0.1) is 28.2 Å². The van der Waals surface area contributed by atoms with Gasteiger partial charge in [0.1, 0.15) is 0 Å². The van der Waals surface area contributed by atoms with Crippen LogP contribution in [0.4, 0.5) is 5.13 Å². The molecule has 1 aromatic carbocycles. The van der Waals surface area contributed by atoms with Crippen LogP contribution in [0.2, 0.25) is 10.0 Å². The van der Waals surface area contributed by atoms with Gasteiger partial charge in [0.15, 0.2) is 11.7 Å². The Hall–Kier alpha value is -2.16. The highest BCUT2D eigenvalue weighted by Crippen LogP contribution is 2.26. The largest absolute Gasteiger partial charge is 0.455 e. The van der Waals surface area contributed by atoms with Crippen LogP contribution in [0.25, 0.3) is 0 Å². The Morgan fingerprint density at radius 1 is 1.34 bits per heavy atom. The van der Waals surface area contributed by atoms with E-state index in [0.29, 0.717) is 33.8 Å². The molecular formula is C19H19Cl2N3O4S. The minimum atomic E-state index is -0.563. The van der Waals surface area contributed by atoms with Crippen LogP contribution in [0, 0.1) is 0 Å². The fourth-order valence-electron chi connectivity index (χ4n) is 2.84. The molecule has 1 aliphatic rings. The number of amides is 2. The average molecular weight is 456 g/mol. The van der Waals surface area contributed by atoms with Crippen LogP contribution in [0.5, 0.6) is 0 Å². The standard InChI is InChI=1S/C19H19Cl2N3O4S/c1-11(12-4-5-14(20)15(21)7-12)22-16(25)9-28-18(27)8-13-10-29-19(23-13)24-6-2-3-17(24)26/h4-5,7,10-11H,2-3,6,8-9H2,1H3,(H,22,25). The number of anilines is 1. The average Bonchev–Trinajstić information content (AvgIpc) is 3.30. The summed E-state index contributed by atoms with van der Waals surface area (Å²) in [6, 6.07) is 4.76. The first-order chi connectivity index (χ1) is 13.8. The molecule has 2 heterocycles. The number of carbonyl (C=O) groups is 3. The lowest BCUT2D eigenvalue weighted by atomic mass is 10.1. The Kier molecular flexibility index (Phi) is 7.10. The van der Waals surface area contributed by atoms with E-state index in [1.165, 1.54) is 11.3 Å². The lowest BCUT2D eigenvalue weighted by Crippen LogP contribution is -2.31. The van der Waals surface area contributed by atoms with Crippen LogP contribution in [-0.2, 0) is 25.5 Å². The monoisotopic (exact) mass is 455 g/mol. The minimum Gasteiger partial charge on any atom is -0.455 e. The molecule has 1 aliphatic heterocycles. The van der Waals surface area contributed by atoms with E-state index < -0.39 is 18.5 Å². The van der Waals surface area contributed by atoms with Crippen molar-refractivity contribution in [1.82, 2.24) is 10.3 Å². The molecule has 29 heavy (non-hydrogen) atoms. The predicted molar refractivity (Wildman–Crippen MR) is 111 cm³/mol. The molecule has 0 spiro atoms. The number of nitrogens with one attached hydrogen (secondary N) is 1. The van der Waals surface area contributed by atoms with Crippen molar-refractivity contribution < 1.29 is 19.1 Å². The van der Waals surface area contributed by atoms with Gasteiger partial charge in [-0.25, -0.2) is 4.98 Å². The van der Waals surface area contributed by atoms with Gasteiger partial charge in [0.25, 0.3) is 5.91 Å². The zero-order chi connectivity index (χ0) is 21.0. The molecule has 0 saturated carbocycles. The van der Waals surface area contributed by atoms with Gasteiger partial charge in [-0.15, -0.1) is 11.3 Å². The Morgan fingerprint density at radius 3 is 2.83 bits per heavy atom. The number of halogens is 2. The van der Waals surface area contributed by atoms with Crippen molar-refractivity contribution >= 4 is 57.5 Å². The van der Waals surface area contributed by atoms with E-state index in [2.05, 4.69) is 10.3 Å². The Bertz CT molecular complexity index is 934. The molecule has 3 rings (SSSR count). The fourth-order valence-corrected chi connectivity index (χ4v) is 4.02. The highest BCUT2D eigenvalue weighted by atomic mass is 35.5. The zero-order valence-corrected chi connectivity index (χ0v) is 17.9. The van der Waals surface area contributed by atoms with Gasteiger partial charge in [0, 0.05) is 18.3 Å². The molecule has 7 nitrogen and oxygen atoms in total. The molecule has 1 N–H and O–H groups in total. The maximum absolute atomic E-state index is 12.0. The van der Waals surface area contributed by atoms with E-state index in [9.17, 15) is 14.4 Å². The third-order valence-corrected chi connectivity index (χ3v) is 6.01. The molecular weight excluding hydrogens is 437 g/mol. The summed E-state index contributed by atoms with van der Waals surface area (Å²) in [4.78, 5) is 41.7. The number of esters is 1. The summed E-state index contributed by atoms with van der Waals surface area (Å²) in [6.07, 6.45) is 1.27. The zero-order valence-electron chi connectivity index (χ0n) is 15.6. The Morgan fingerprint density at radius 2 is 2.14 bits per heavy atom. The molecule has 1 fully saturated rings. The summed E-state index contributed by atoms with van der Waals surface area (Å²) in [6.45, 7) is 2.04. The highest BCUT2D eigenvalue weighted by molar-refractivity contribution is 7.14. The number of nitrogens with zero attached hydrogens (tertiary/aromatic N) is 2. The van der Waals surface area contributed by atoms with Gasteiger partial charge >= 0.3 is 5.97 Å². The lowest BCUT2D eigenvalue weighted by Gasteiger charge is -2.15. The van der Waals surface area contributed by atoms with E-state index in [-0.39, 0.29) is 18.4 Å². The topological polar surface area (TPSA) is 88.6 Å². The molecule has 10 heteroatoms. The second kappa shape index (κ2) is 9.56. The second-order valence-corrected chi connectivity index (χ2v) is 8.22. The van der Waals surface area contributed by atoms with Crippen molar-refractivity contribution in [2.45, 2.75) is 32.2 Å². The summed E-state index contributed by atoms with van der Waals surface area (Å²) in [5.74, 6) is -0.952. The van der Waals surface area contributed by atoms with Gasteiger partial charge in [-0.1, -0.05) is 29.3 Å². The van der Waals surface area contributed by atoms with Gasteiger partial charge < -0.3 is 10.1 Å². The number of rotatable bonds is 7. The maximum atomic E-state index is 12.0. The van der Waals surface area contributed by atoms with E-state index in [0.717, 1.165) is 12.0 Å². The van der Waals surface area contributed by atoms with E-state index in [1.807, 2.05) is 0 Å². The minimum absolute atomic E-state index is 0.0428. The highest BCUT2D eigenvalue weighted by Gasteiger charge is 2.24. The first kappa shape index (κ1) is 21.5. The van der Waals surface area contributed by atoms with Crippen molar-refractivity contribution in [2.75, 3.05) is 18.1 Å². The third kappa shape index (κ3) is 5.68. The molecule has 2 aromatic rings. The molecule has 2 amide bonds. The van der Waals surface area contributed by atoms with Gasteiger partial charge in [-0.3, -0.25) is 19.3 Å². The van der Waals surface area contributed by atoms with Gasteiger partial charge in [0.2, 0.25) is 5.91 Å². The van der Waals surface area contributed by atoms with Crippen LogP contribution < -0.4 is 10.2 Å². The van der Waals surface area contributed by atoms with Crippen molar-refractivity contribution in [3.8, 4) is 0 Å². The smallest absolute Gasteiger partial charge is 0.312 e. The first-order valence-electron chi connectivity index (χ1n) is 8.98. The molecule has 1 atom stereocenters. The Labute approximate surface area is 182 Å². The summed E-state index contributed by atoms with van der Waals surface area (Å²) >= 11 is 13.2. The summed E-state index contributed by atoms with van der Waals surface area (Å²) in [5.41, 5.74) is 1.30. The number of carbonyl (C=O) groups excluding carboxylic acids is 3. The van der Waals surface area contributed by atoms with Crippen LogP contribution >= 0.6 is 34.5 Å². The van der Waals surface area contributed by atoms with Gasteiger partial charge in [-0.2, -0.15) is 0 Å². The number of thiazole rings is 1. The number of ether oxygens (including phenoxy) is 1. The van der Waals surface area contributed by atoms with Gasteiger partial charge in [-0.05, 0) is 31.0 Å². The summed E-state index contributed by atoms with van der Waals surface area (Å²) in [7, 11) is 0. The van der Waals surface area contributed by atoms with E-state index >= 15 is 0 Å². The van der Waals surface area contributed by atoms with Crippen molar-refractivity contribution in [3.05, 3.63) is 44.9 Å². The predicted octanol–water partition coefficient (Wildman–Crippen LogP) is 3.54. The fraction of sp³-hybridized carbons (Fsp3) is 0.368. The number of hydrogen-bond acceptors (Lipinski definition) is 6. The lowest BCUT2D eigenvalue weighted by molar-refractivity contribution is -0.148. The number of benzene rings is 1. The molecule has 0 aliphatic carbocycles. The van der Waals surface area contributed by atoms with E-state index in [4.69, 9.17) is 27.9 Å². The molecule has 0 bridgehead atoms. The van der Waals surface area contributed by atoms with Crippen molar-refractivity contribution in [2.24, 2.45) is 0 Å². The Balaban J connectivity index is 1.45. The molecule has 0 radical (unpaired) electrons.